The SMILES string of the molecule is CC(C)[C@H]1Cn2nncc2Cn2c3ccccc3c(=O)n21. The molecule has 3 aromatic rings. The Morgan fingerprint density at radius 3 is 2.90 bits per heavy atom. The Hall–Kier alpha value is -2.37. The zero-order valence-corrected chi connectivity index (χ0v) is 12.1. The van der Waals surface area contributed by atoms with Crippen LogP contribution in [0.25, 0.3) is 10.9 Å². The summed E-state index contributed by atoms with van der Waals surface area (Å²) in [6, 6.07) is 7.87. The fraction of sp³-hybridized carbons (Fsp3) is 0.400. The highest BCUT2D eigenvalue weighted by Gasteiger charge is 2.28. The van der Waals surface area contributed by atoms with E-state index < -0.39 is 0 Å². The summed E-state index contributed by atoms with van der Waals surface area (Å²) in [6.45, 7) is 5.59. The molecule has 1 atom stereocenters. The molecule has 1 aromatic carbocycles. The molecule has 0 fully saturated rings. The van der Waals surface area contributed by atoms with E-state index in [4.69, 9.17) is 0 Å². The van der Waals surface area contributed by atoms with Crippen molar-refractivity contribution in [2.45, 2.75) is 33.0 Å². The van der Waals surface area contributed by atoms with Crippen molar-refractivity contribution in [1.82, 2.24) is 24.4 Å². The van der Waals surface area contributed by atoms with Gasteiger partial charge >= 0.3 is 0 Å². The normalized spacial score (nSPS) is 17.8. The number of aromatic nitrogens is 5. The van der Waals surface area contributed by atoms with Crippen LogP contribution in [0.2, 0.25) is 0 Å². The first-order valence-electron chi connectivity index (χ1n) is 7.24. The van der Waals surface area contributed by atoms with Crippen LogP contribution in [0.1, 0.15) is 25.6 Å². The fourth-order valence-corrected chi connectivity index (χ4v) is 3.18. The lowest BCUT2D eigenvalue weighted by molar-refractivity contribution is 0.276. The van der Waals surface area contributed by atoms with Gasteiger partial charge in [0.25, 0.3) is 5.56 Å². The lowest BCUT2D eigenvalue weighted by Gasteiger charge is -2.22. The number of rotatable bonds is 1. The third-order valence-corrected chi connectivity index (χ3v) is 4.33. The van der Waals surface area contributed by atoms with E-state index in [0.717, 1.165) is 16.6 Å². The average molecular weight is 283 g/mol. The molecule has 6 nitrogen and oxygen atoms in total. The molecule has 6 heteroatoms. The molecule has 0 N–H and O–H groups in total. The highest BCUT2D eigenvalue weighted by molar-refractivity contribution is 5.78. The minimum atomic E-state index is 0.0767. The van der Waals surface area contributed by atoms with Crippen molar-refractivity contribution < 1.29 is 0 Å². The van der Waals surface area contributed by atoms with Gasteiger partial charge < -0.3 is 0 Å². The van der Waals surface area contributed by atoms with E-state index >= 15 is 0 Å². The minimum absolute atomic E-state index is 0.0767. The summed E-state index contributed by atoms with van der Waals surface area (Å²) in [5, 5.41) is 8.95. The highest BCUT2D eigenvalue weighted by Crippen LogP contribution is 2.25. The monoisotopic (exact) mass is 283 g/mol. The molecule has 0 radical (unpaired) electrons. The Bertz CT molecular complexity index is 870. The van der Waals surface area contributed by atoms with Gasteiger partial charge in [-0.15, -0.1) is 5.10 Å². The molecule has 0 bridgehead atoms. The summed E-state index contributed by atoms with van der Waals surface area (Å²) in [5.41, 5.74) is 2.10. The summed E-state index contributed by atoms with van der Waals surface area (Å²) >= 11 is 0. The fourth-order valence-electron chi connectivity index (χ4n) is 3.18. The Balaban J connectivity index is 2.07. The molecule has 0 saturated heterocycles. The first-order chi connectivity index (χ1) is 10.2. The molecule has 0 spiro atoms. The van der Waals surface area contributed by atoms with Gasteiger partial charge in [0.05, 0.1) is 41.9 Å². The van der Waals surface area contributed by atoms with Gasteiger partial charge in [-0.1, -0.05) is 31.2 Å². The number of hydrogen-bond acceptors (Lipinski definition) is 3. The van der Waals surface area contributed by atoms with Crippen LogP contribution >= 0.6 is 0 Å². The smallest absolute Gasteiger partial charge is 0.274 e. The molecule has 0 amide bonds. The third kappa shape index (κ3) is 1.68. The van der Waals surface area contributed by atoms with Crippen LogP contribution in [0.4, 0.5) is 0 Å². The maximum Gasteiger partial charge on any atom is 0.274 e. The van der Waals surface area contributed by atoms with Crippen LogP contribution in [0.15, 0.2) is 35.3 Å². The first-order valence-corrected chi connectivity index (χ1v) is 7.24. The summed E-state index contributed by atoms with van der Waals surface area (Å²) in [5.74, 6) is 0.334. The van der Waals surface area contributed by atoms with Gasteiger partial charge in [0, 0.05) is 0 Å². The number of para-hydroxylation sites is 1. The summed E-state index contributed by atoms with van der Waals surface area (Å²) in [6.07, 6.45) is 1.78. The van der Waals surface area contributed by atoms with Crippen molar-refractivity contribution >= 4 is 10.9 Å². The summed E-state index contributed by atoms with van der Waals surface area (Å²) < 4.78 is 5.90. The molecule has 4 rings (SSSR count). The maximum atomic E-state index is 12.8. The van der Waals surface area contributed by atoms with Crippen LogP contribution in [-0.2, 0) is 13.1 Å². The van der Waals surface area contributed by atoms with Gasteiger partial charge in [0.15, 0.2) is 0 Å². The number of benzene rings is 1. The van der Waals surface area contributed by atoms with E-state index in [0.29, 0.717) is 19.0 Å². The molecule has 1 aliphatic heterocycles. The van der Waals surface area contributed by atoms with Crippen molar-refractivity contribution in [3.05, 3.63) is 46.5 Å². The summed E-state index contributed by atoms with van der Waals surface area (Å²) in [7, 11) is 0. The Morgan fingerprint density at radius 2 is 2.10 bits per heavy atom. The van der Waals surface area contributed by atoms with E-state index in [1.165, 1.54) is 0 Å². The number of fused-ring (bicyclic) bond motifs is 4. The van der Waals surface area contributed by atoms with Crippen LogP contribution in [0.5, 0.6) is 0 Å². The van der Waals surface area contributed by atoms with Crippen LogP contribution in [0.3, 0.4) is 0 Å². The zero-order valence-electron chi connectivity index (χ0n) is 12.1. The standard InChI is InChI=1S/C15H17N5O/c1-10(2)14-9-18-11(7-16-17-18)8-19-13-6-4-3-5-12(13)15(21)20(14)19/h3-7,10,14H,8-9H2,1-2H3/t14-/m1/s1. The molecule has 0 unspecified atom stereocenters. The molecule has 0 saturated carbocycles. The topological polar surface area (TPSA) is 57.6 Å². The van der Waals surface area contributed by atoms with Crippen molar-refractivity contribution in [3.8, 4) is 0 Å². The predicted molar refractivity (Wildman–Crippen MR) is 79.2 cm³/mol. The van der Waals surface area contributed by atoms with Crippen LogP contribution in [-0.4, -0.2) is 24.4 Å². The largest absolute Gasteiger partial charge is 0.276 e. The van der Waals surface area contributed by atoms with Gasteiger partial charge in [0.2, 0.25) is 0 Å². The van der Waals surface area contributed by atoms with Gasteiger partial charge in [-0.2, -0.15) is 0 Å². The second-order valence-corrected chi connectivity index (χ2v) is 5.94. The lowest BCUT2D eigenvalue weighted by Crippen LogP contribution is -2.31. The van der Waals surface area contributed by atoms with Crippen LogP contribution in [0, 0.1) is 5.92 Å². The van der Waals surface area contributed by atoms with E-state index in [1.54, 1.807) is 6.20 Å². The van der Waals surface area contributed by atoms with Crippen molar-refractivity contribution in [2.75, 3.05) is 0 Å². The highest BCUT2D eigenvalue weighted by atomic mass is 16.1. The van der Waals surface area contributed by atoms with Gasteiger partial charge in [0.1, 0.15) is 0 Å². The van der Waals surface area contributed by atoms with Crippen molar-refractivity contribution in [1.29, 1.82) is 0 Å². The molecule has 2 aromatic heterocycles. The van der Waals surface area contributed by atoms with E-state index in [-0.39, 0.29) is 11.6 Å². The van der Waals surface area contributed by atoms with Gasteiger partial charge in [-0.25, -0.2) is 9.36 Å². The molecule has 3 heterocycles. The Kier molecular flexibility index (Phi) is 2.54. The van der Waals surface area contributed by atoms with E-state index in [2.05, 4.69) is 28.8 Å². The molecule has 1 aliphatic rings. The average Bonchev–Trinajstić information content (AvgIpc) is 2.97. The predicted octanol–water partition coefficient (Wildman–Crippen LogP) is 1.65. The zero-order chi connectivity index (χ0) is 14.6. The summed E-state index contributed by atoms with van der Waals surface area (Å²) in [4.78, 5) is 12.8. The van der Waals surface area contributed by atoms with Gasteiger partial charge in [-0.05, 0) is 18.1 Å². The van der Waals surface area contributed by atoms with E-state index in [1.807, 2.05) is 33.6 Å². The molecule has 108 valence electrons. The third-order valence-electron chi connectivity index (χ3n) is 4.33. The van der Waals surface area contributed by atoms with Crippen molar-refractivity contribution in [2.24, 2.45) is 5.92 Å². The maximum absolute atomic E-state index is 12.8. The molecule has 21 heavy (non-hydrogen) atoms. The lowest BCUT2D eigenvalue weighted by atomic mass is 10.0. The Morgan fingerprint density at radius 1 is 1.29 bits per heavy atom. The number of nitrogens with zero attached hydrogens (tertiary/aromatic N) is 5. The first kappa shape index (κ1) is 12.4. The van der Waals surface area contributed by atoms with Gasteiger partial charge in [-0.3, -0.25) is 9.48 Å². The molecule has 0 aliphatic carbocycles. The van der Waals surface area contributed by atoms with Crippen LogP contribution < -0.4 is 5.56 Å². The minimum Gasteiger partial charge on any atom is -0.276 e. The Labute approximate surface area is 121 Å². The van der Waals surface area contributed by atoms with E-state index in [9.17, 15) is 4.79 Å². The molecular weight excluding hydrogens is 266 g/mol. The molecular formula is C15H17N5O. The quantitative estimate of drug-likeness (QED) is 0.682. The second kappa shape index (κ2) is 4.31. The second-order valence-electron chi connectivity index (χ2n) is 5.94. The number of hydrogen-bond donors (Lipinski definition) is 0. The van der Waals surface area contributed by atoms with Crippen molar-refractivity contribution in [3.63, 3.8) is 0 Å².